The van der Waals surface area contributed by atoms with E-state index in [2.05, 4.69) is 34.0 Å². The van der Waals surface area contributed by atoms with Crippen LogP contribution in [0.5, 0.6) is 0 Å². The monoisotopic (exact) mass is 329 g/mol. The Bertz CT molecular complexity index is 661. The minimum Gasteiger partial charge on any atom is -0.341 e. The van der Waals surface area contributed by atoms with Crippen molar-refractivity contribution in [2.45, 2.75) is 45.4 Å². The zero-order chi connectivity index (χ0) is 16.9. The molecule has 2 aromatic rings. The van der Waals surface area contributed by atoms with E-state index in [-0.39, 0.29) is 17.7 Å². The third kappa shape index (κ3) is 3.44. The molecule has 0 bridgehead atoms. The zero-order valence-corrected chi connectivity index (χ0v) is 14.2. The predicted octanol–water partition coefficient (Wildman–Crippen LogP) is 2.67. The average molecular weight is 329 g/mol. The van der Waals surface area contributed by atoms with E-state index in [1.54, 1.807) is 18.5 Å². The van der Waals surface area contributed by atoms with Crippen LogP contribution in [-0.4, -0.2) is 44.0 Å². The molecule has 3 rings (SSSR count). The van der Waals surface area contributed by atoms with Gasteiger partial charge in [-0.1, -0.05) is 31.8 Å². The Labute approximate surface area is 141 Å². The van der Waals surface area contributed by atoms with Gasteiger partial charge in [0.15, 0.2) is 0 Å². The fourth-order valence-electron chi connectivity index (χ4n) is 3.07. The van der Waals surface area contributed by atoms with E-state index in [4.69, 9.17) is 4.52 Å². The highest BCUT2D eigenvalue weighted by molar-refractivity contribution is 5.79. The van der Waals surface area contributed by atoms with Crippen molar-refractivity contribution in [2.24, 2.45) is 5.92 Å². The van der Waals surface area contributed by atoms with Gasteiger partial charge in [-0.05, 0) is 18.9 Å². The molecule has 1 aliphatic rings. The first-order chi connectivity index (χ1) is 11.7. The highest BCUT2D eigenvalue weighted by Crippen LogP contribution is 2.29. The second-order valence-corrected chi connectivity index (χ2v) is 6.24. The van der Waals surface area contributed by atoms with Crippen LogP contribution in [0.2, 0.25) is 0 Å². The van der Waals surface area contributed by atoms with Crippen LogP contribution in [0.25, 0.3) is 11.6 Å². The average Bonchev–Trinajstić information content (AvgIpc) is 3.03. The first-order valence-electron chi connectivity index (χ1n) is 8.62. The van der Waals surface area contributed by atoms with E-state index in [0.29, 0.717) is 30.6 Å². The summed E-state index contributed by atoms with van der Waals surface area (Å²) in [6.07, 6.45) is 7.29. The number of carbonyl (C=O) groups excluding carboxylic acids is 1. The van der Waals surface area contributed by atoms with Gasteiger partial charge >= 0.3 is 0 Å². The van der Waals surface area contributed by atoms with E-state index >= 15 is 0 Å². The Morgan fingerprint density at radius 3 is 2.50 bits per heavy atom. The number of carbonyl (C=O) groups is 1. The fraction of sp³-hybridized carbons (Fsp3) is 0.588. The van der Waals surface area contributed by atoms with Gasteiger partial charge in [0.25, 0.3) is 0 Å². The lowest BCUT2D eigenvalue weighted by molar-refractivity contribution is -0.141. The summed E-state index contributed by atoms with van der Waals surface area (Å²) in [5.74, 6) is 1.93. The molecule has 0 aliphatic carbocycles. The smallest absolute Gasteiger partial charge is 0.240 e. The first kappa shape index (κ1) is 16.5. The topological polar surface area (TPSA) is 85.0 Å². The van der Waals surface area contributed by atoms with Gasteiger partial charge in [-0.15, -0.1) is 0 Å². The van der Waals surface area contributed by atoms with Crippen LogP contribution < -0.4 is 0 Å². The SMILES string of the molecule is CCCC(CCC)C(=O)N1CC(c2nc(-c3ncccn3)no2)C1. The van der Waals surface area contributed by atoms with Gasteiger partial charge in [-0.25, -0.2) is 9.97 Å². The van der Waals surface area contributed by atoms with Crippen molar-refractivity contribution < 1.29 is 9.32 Å². The van der Waals surface area contributed by atoms with Crippen LogP contribution in [0.4, 0.5) is 0 Å². The molecule has 1 saturated heterocycles. The number of likely N-dealkylation sites (tertiary alicyclic amines) is 1. The lowest BCUT2D eigenvalue weighted by Gasteiger charge is -2.39. The van der Waals surface area contributed by atoms with Gasteiger partial charge in [0.05, 0.1) is 5.92 Å². The Balaban J connectivity index is 1.58. The summed E-state index contributed by atoms with van der Waals surface area (Å²) >= 11 is 0. The van der Waals surface area contributed by atoms with Crippen LogP contribution in [0.3, 0.4) is 0 Å². The molecule has 0 N–H and O–H groups in total. The third-order valence-corrected chi connectivity index (χ3v) is 4.37. The molecule has 0 spiro atoms. The largest absolute Gasteiger partial charge is 0.341 e. The molecular weight excluding hydrogens is 306 g/mol. The zero-order valence-electron chi connectivity index (χ0n) is 14.2. The van der Waals surface area contributed by atoms with Crippen molar-refractivity contribution in [3.63, 3.8) is 0 Å². The van der Waals surface area contributed by atoms with Crippen LogP contribution in [-0.2, 0) is 4.79 Å². The highest BCUT2D eigenvalue weighted by atomic mass is 16.5. The lowest BCUT2D eigenvalue weighted by Crippen LogP contribution is -2.50. The van der Waals surface area contributed by atoms with Gasteiger partial charge in [-0.2, -0.15) is 4.98 Å². The number of nitrogens with zero attached hydrogens (tertiary/aromatic N) is 5. The molecule has 1 fully saturated rings. The van der Waals surface area contributed by atoms with E-state index in [0.717, 1.165) is 25.7 Å². The normalized spacial score (nSPS) is 14.9. The minimum atomic E-state index is 0.114. The van der Waals surface area contributed by atoms with Crippen molar-refractivity contribution in [1.29, 1.82) is 0 Å². The van der Waals surface area contributed by atoms with E-state index < -0.39 is 0 Å². The summed E-state index contributed by atoms with van der Waals surface area (Å²) in [7, 11) is 0. The molecule has 24 heavy (non-hydrogen) atoms. The van der Waals surface area contributed by atoms with Crippen molar-refractivity contribution in [1.82, 2.24) is 25.0 Å². The number of amides is 1. The Hall–Kier alpha value is -2.31. The van der Waals surface area contributed by atoms with Crippen LogP contribution in [0.1, 0.15) is 51.3 Å². The highest BCUT2D eigenvalue weighted by Gasteiger charge is 2.37. The van der Waals surface area contributed by atoms with E-state index in [1.807, 2.05) is 4.90 Å². The molecule has 7 nitrogen and oxygen atoms in total. The molecule has 1 aliphatic heterocycles. The van der Waals surface area contributed by atoms with Crippen molar-refractivity contribution in [3.05, 3.63) is 24.4 Å². The number of hydrogen-bond donors (Lipinski definition) is 0. The van der Waals surface area contributed by atoms with Gasteiger partial charge in [0.1, 0.15) is 0 Å². The summed E-state index contributed by atoms with van der Waals surface area (Å²) in [5, 5.41) is 3.94. The standard InChI is InChI=1S/C17H23N5O2/c1-3-6-12(7-4-2)17(23)22-10-13(11-22)16-20-15(21-24-16)14-18-8-5-9-19-14/h5,8-9,12-13H,3-4,6-7,10-11H2,1-2H3. The molecule has 0 aromatic carbocycles. The molecule has 0 unspecified atom stereocenters. The van der Waals surface area contributed by atoms with Gasteiger partial charge in [0, 0.05) is 31.4 Å². The first-order valence-corrected chi connectivity index (χ1v) is 8.62. The van der Waals surface area contributed by atoms with E-state index in [1.165, 1.54) is 0 Å². The number of hydrogen-bond acceptors (Lipinski definition) is 6. The van der Waals surface area contributed by atoms with Crippen LogP contribution >= 0.6 is 0 Å². The second kappa shape index (κ2) is 7.51. The summed E-state index contributed by atoms with van der Waals surface area (Å²) in [6.45, 7) is 5.56. The molecule has 0 radical (unpaired) electrons. The Morgan fingerprint density at radius 2 is 1.88 bits per heavy atom. The van der Waals surface area contributed by atoms with Crippen molar-refractivity contribution >= 4 is 5.91 Å². The van der Waals surface area contributed by atoms with Gasteiger partial charge in [0.2, 0.25) is 23.4 Å². The summed E-state index contributed by atoms with van der Waals surface area (Å²) in [6, 6.07) is 1.74. The molecule has 7 heteroatoms. The molecule has 3 heterocycles. The maximum atomic E-state index is 12.5. The third-order valence-electron chi connectivity index (χ3n) is 4.37. The van der Waals surface area contributed by atoms with Crippen molar-refractivity contribution in [2.75, 3.05) is 13.1 Å². The number of aromatic nitrogens is 4. The van der Waals surface area contributed by atoms with E-state index in [9.17, 15) is 4.79 Å². The van der Waals surface area contributed by atoms with Crippen molar-refractivity contribution in [3.8, 4) is 11.6 Å². The summed E-state index contributed by atoms with van der Waals surface area (Å²) in [5.41, 5.74) is 0. The lowest BCUT2D eigenvalue weighted by atomic mass is 9.92. The minimum absolute atomic E-state index is 0.114. The Kier molecular flexibility index (Phi) is 5.17. The van der Waals surface area contributed by atoms with Gasteiger partial charge in [-0.3, -0.25) is 4.79 Å². The summed E-state index contributed by atoms with van der Waals surface area (Å²) in [4.78, 5) is 27.1. The van der Waals surface area contributed by atoms with Crippen LogP contribution in [0, 0.1) is 5.92 Å². The number of rotatable bonds is 7. The second-order valence-electron chi connectivity index (χ2n) is 6.24. The fourth-order valence-corrected chi connectivity index (χ4v) is 3.07. The molecular formula is C17H23N5O2. The Morgan fingerprint density at radius 1 is 1.21 bits per heavy atom. The maximum Gasteiger partial charge on any atom is 0.240 e. The van der Waals surface area contributed by atoms with Gasteiger partial charge < -0.3 is 9.42 Å². The molecule has 1 amide bonds. The molecule has 128 valence electrons. The summed E-state index contributed by atoms with van der Waals surface area (Å²) < 4.78 is 5.33. The quantitative estimate of drug-likeness (QED) is 0.776. The molecule has 0 saturated carbocycles. The van der Waals surface area contributed by atoms with Crippen LogP contribution in [0.15, 0.2) is 23.0 Å². The molecule has 2 aromatic heterocycles. The molecule has 0 atom stereocenters. The maximum absolute atomic E-state index is 12.5. The predicted molar refractivity (Wildman–Crippen MR) is 88.0 cm³/mol.